The lowest BCUT2D eigenvalue weighted by Crippen LogP contribution is -2.49. The Bertz CT molecular complexity index is 946. The van der Waals surface area contributed by atoms with Crippen molar-refractivity contribution >= 4 is 72.6 Å². The number of hydrazine groups is 1. The molecule has 2 rings (SSSR count). The number of carbonyl (C=O) groups is 2. The predicted octanol–water partition coefficient (Wildman–Crippen LogP) is 4.37. The summed E-state index contributed by atoms with van der Waals surface area (Å²) in [5, 5.41) is 2.76. The summed E-state index contributed by atoms with van der Waals surface area (Å²) in [5.41, 5.74) is 5.09. The quantitative estimate of drug-likeness (QED) is 0.334. The molecule has 160 valence electrons. The second-order valence-corrected chi connectivity index (χ2v) is 8.46. The molecule has 7 nitrogen and oxygen atoms in total. The number of carbonyl (C=O) groups excluding carboxylic acids is 2. The number of thiocarbonyl (C=S) groups is 1. The molecule has 0 radical (unpaired) electrons. The first-order valence-corrected chi connectivity index (χ1v) is 11.1. The Morgan fingerprint density at radius 2 is 1.70 bits per heavy atom. The van der Waals surface area contributed by atoms with Crippen LogP contribution in [0.1, 0.15) is 23.7 Å². The molecule has 0 saturated carbocycles. The van der Waals surface area contributed by atoms with E-state index in [0.29, 0.717) is 33.2 Å². The second-order valence-electron chi connectivity index (χ2n) is 5.81. The highest BCUT2D eigenvalue weighted by molar-refractivity contribution is 9.10. The summed E-state index contributed by atoms with van der Waals surface area (Å²) < 4.78 is 12.4. The minimum Gasteiger partial charge on any atom is -0.493 e. The third-order valence-electron chi connectivity index (χ3n) is 3.44. The van der Waals surface area contributed by atoms with Crippen molar-refractivity contribution in [2.45, 2.75) is 13.3 Å². The van der Waals surface area contributed by atoms with Crippen LogP contribution in [-0.4, -0.2) is 30.1 Å². The lowest BCUT2D eigenvalue weighted by molar-refractivity contribution is -0.123. The van der Waals surface area contributed by atoms with E-state index in [4.69, 9.17) is 33.3 Å². The van der Waals surface area contributed by atoms with Gasteiger partial charge in [-0.25, -0.2) is 0 Å². The maximum atomic E-state index is 12.5. The molecule has 2 amide bonds. The molecule has 0 fully saturated rings. The van der Waals surface area contributed by atoms with Crippen LogP contribution in [0.4, 0.5) is 0 Å². The predicted molar refractivity (Wildman–Crippen MR) is 126 cm³/mol. The lowest BCUT2D eigenvalue weighted by atomic mass is 10.2. The van der Waals surface area contributed by atoms with E-state index in [1.54, 1.807) is 36.4 Å². The molecule has 3 N–H and O–H groups in total. The molecule has 0 bridgehead atoms. The van der Waals surface area contributed by atoms with E-state index in [2.05, 4.69) is 48.0 Å². The first kappa shape index (κ1) is 24.4. The molecule has 0 atom stereocenters. The Morgan fingerprint density at radius 3 is 2.37 bits per heavy atom. The number of rotatable bonds is 7. The van der Waals surface area contributed by atoms with Crippen molar-refractivity contribution in [3.8, 4) is 11.5 Å². The molecule has 0 heterocycles. The van der Waals surface area contributed by atoms with Crippen LogP contribution >= 0.6 is 55.7 Å². The number of hydrogen-bond acceptors (Lipinski definition) is 5. The summed E-state index contributed by atoms with van der Waals surface area (Å²) in [6, 6.07) is 10.1. The van der Waals surface area contributed by atoms with Crippen LogP contribution < -0.4 is 25.6 Å². The number of amides is 2. The normalized spacial score (nSPS) is 10.1. The first-order valence-electron chi connectivity index (χ1n) is 8.70. The van der Waals surface area contributed by atoms with Gasteiger partial charge < -0.3 is 9.47 Å². The van der Waals surface area contributed by atoms with E-state index in [1.165, 1.54) is 0 Å². The maximum Gasteiger partial charge on any atom is 0.276 e. The maximum absolute atomic E-state index is 12.5. The SMILES string of the molecule is CCCOc1ccc(Br)cc1C(=O)NC(=S)NNC(=O)COc1ccc(Br)cc1Cl. The Kier molecular flexibility index (Phi) is 9.83. The lowest BCUT2D eigenvalue weighted by Gasteiger charge is -2.14. The van der Waals surface area contributed by atoms with Crippen LogP contribution in [0, 0.1) is 0 Å². The van der Waals surface area contributed by atoms with E-state index in [0.717, 1.165) is 10.9 Å². The fraction of sp³-hybridized carbons (Fsp3) is 0.211. The summed E-state index contributed by atoms with van der Waals surface area (Å²) in [6.07, 6.45) is 0.802. The van der Waals surface area contributed by atoms with Crippen LogP contribution in [0.5, 0.6) is 11.5 Å². The molecular weight excluding hydrogens is 562 g/mol. The highest BCUT2D eigenvalue weighted by Crippen LogP contribution is 2.27. The van der Waals surface area contributed by atoms with Gasteiger partial charge in [-0.15, -0.1) is 0 Å². The summed E-state index contributed by atoms with van der Waals surface area (Å²) in [4.78, 5) is 24.4. The molecular formula is C19H18Br2ClN3O4S. The molecule has 0 saturated heterocycles. The summed E-state index contributed by atoms with van der Waals surface area (Å²) in [5.74, 6) is -0.198. The van der Waals surface area contributed by atoms with Gasteiger partial charge in [0.1, 0.15) is 11.5 Å². The monoisotopic (exact) mass is 577 g/mol. The molecule has 2 aromatic rings. The van der Waals surface area contributed by atoms with Gasteiger partial charge in [0.15, 0.2) is 11.7 Å². The third-order valence-corrected chi connectivity index (χ3v) is 4.93. The number of hydrogen-bond donors (Lipinski definition) is 3. The van der Waals surface area contributed by atoms with Gasteiger partial charge in [-0.3, -0.25) is 25.8 Å². The number of benzene rings is 2. The fourth-order valence-electron chi connectivity index (χ4n) is 2.12. The Labute approximate surface area is 201 Å². The molecule has 0 spiro atoms. The van der Waals surface area contributed by atoms with Gasteiger partial charge in [0.05, 0.1) is 17.2 Å². The minimum absolute atomic E-state index is 0.0866. The zero-order chi connectivity index (χ0) is 22.1. The van der Waals surface area contributed by atoms with Crippen LogP contribution in [0.2, 0.25) is 5.02 Å². The van der Waals surface area contributed by atoms with Crippen molar-refractivity contribution in [2.24, 2.45) is 0 Å². The van der Waals surface area contributed by atoms with Crippen LogP contribution in [0.15, 0.2) is 45.3 Å². The topological polar surface area (TPSA) is 88.7 Å². The smallest absolute Gasteiger partial charge is 0.276 e. The summed E-state index contributed by atoms with van der Waals surface area (Å²) in [6.45, 7) is 2.14. The number of halogens is 3. The van der Waals surface area contributed by atoms with Crippen molar-refractivity contribution in [2.75, 3.05) is 13.2 Å². The van der Waals surface area contributed by atoms with E-state index in [-0.39, 0.29) is 11.7 Å². The second kappa shape index (κ2) is 12.1. The van der Waals surface area contributed by atoms with Gasteiger partial charge in [-0.05, 0) is 55.0 Å². The number of ether oxygens (including phenoxy) is 2. The Balaban J connectivity index is 1.84. The molecule has 0 aromatic heterocycles. The zero-order valence-corrected chi connectivity index (χ0v) is 20.5. The van der Waals surface area contributed by atoms with Gasteiger partial charge in [0.2, 0.25) is 0 Å². The molecule has 30 heavy (non-hydrogen) atoms. The molecule has 11 heteroatoms. The summed E-state index contributed by atoms with van der Waals surface area (Å²) in [7, 11) is 0. The van der Waals surface area contributed by atoms with Crippen molar-refractivity contribution in [1.82, 2.24) is 16.2 Å². The zero-order valence-electron chi connectivity index (χ0n) is 15.8. The largest absolute Gasteiger partial charge is 0.493 e. The molecule has 0 aliphatic rings. The standard InChI is InChI=1S/C19H18Br2ClN3O4S/c1-2-7-28-15-5-3-11(20)8-13(15)18(27)23-19(30)25-24-17(26)10-29-16-6-4-12(21)9-14(16)22/h3-6,8-9H,2,7,10H2,1H3,(H,24,26)(H2,23,25,27,30). The van der Waals surface area contributed by atoms with Crippen LogP contribution in [0.3, 0.4) is 0 Å². The van der Waals surface area contributed by atoms with Gasteiger partial charge >= 0.3 is 0 Å². The molecule has 0 unspecified atom stereocenters. The van der Waals surface area contributed by atoms with Gasteiger partial charge in [-0.1, -0.05) is 50.4 Å². The third kappa shape index (κ3) is 7.75. The minimum atomic E-state index is -0.514. The highest BCUT2D eigenvalue weighted by atomic mass is 79.9. The van der Waals surface area contributed by atoms with Crippen molar-refractivity contribution in [3.05, 3.63) is 55.9 Å². The first-order chi connectivity index (χ1) is 14.3. The van der Waals surface area contributed by atoms with Crippen LogP contribution in [-0.2, 0) is 4.79 Å². The molecule has 0 aliphatic heterocycles. The van der Waals surface area contributed by atoms with Crippen molar-refractivity contribution in [3.63, 3.8) is 0 Å². The van der Waals surface area contributed by atoms with E-state index >= 15 is 0 Å². The molecule has 0 aliphatic carbocycles. The summed E-state index contributed by atoms with van der Waals surface area (Å²) >= 11 is 17.7. The fourth-order valence-corrected chi connectivity index (χ4v) is 3.35. The number of nitrogens with one attached hydrogen (secondary N) is 3. The van der Waals surface area contributed by atoms with Gasteiger partial charge in [0.25, 0.3) is 11.8 Å². The van der Waals surface area contributed by atoms with Crippen LogP contribution in [0.25, 0.3) is 0 Å². The van der Waals surface area contributed by atoms with E-state index in [9.17, 15) is 9.59 Å². The highest BCUT2D eigenvalue weighted by Gasteiger charge is 2.15. The van der Waals surface area contributed by atoms with Gasteiger partial charge in [-0.2, -0.15) is 0 Å². The van der Waals surface area contributed by atoms with E-state index < -0.39 is 11.8 Å². The average Bonchev–Trinajstić information content (AvgIpc) is 2.70. The molecule has 2 aromatic carbocycles. The van der Waals surface area contributed by atoms with Crippen molar-refractivity contribution < 1.29 is 19.1 Å². The van der Waals surface area contributed by atoms with Gasteiger partial charge in [0, 0.05) is 8.95 Å². The Morgan fingerprint density at radius 1 is 1.03 bits per heavy atom. The van der Waals surface area contributed by atoms with Crippen molar-refractivity contribution in [1.29, 1.82) is 0 Å². The Hall–Kier alpha value is -1.88. The van der Waals surface area contributed by atoms with E-state index in [1.807, 2.05) is 6.92 Å². The average molecular weight is 580 g/mol.